The first kappa shape index (κ1) is 9.45. The molecule has 66 valence electrons. The van der Waals surface area contributed by atoms with E-state index >= 15 is 0 Å². The predicted molar refractivity (Wildman–Crippen MR) is 51.0 cm³/mol. The van der Waals surface area contributed by atoms with Crippen LogP contribution in [0.15, 0.2) is 21.5 Å². The maximum atomic E-state index is 11.2. The minimum atomic E-state index is -0.0492. The summed E-state index contributed by atoms with van der Waals surface area (Å²) in [4.78, 5) is 11.2. The van der Waals surface area contributed by atoms with E-state index < -0.39 is 0 Å². The van der Waals surface area contributed by atoms with Gasteiger partial charge < -0.3 is 0 Å². The zero-order chi connectivity index (χ0) is 9.14. The van der Waals surface area contributed by atoms with Gasteiger partial charge >= 0.3 is 0 Å². The monoisotopic (exact) mass is 230 g/mol. The Hall–Kier alpha value is -0.640. The van der Waals surface area contributed by atoms with E-state index in [1.165, 1.54) is 10.7 Å². The van der Waals surface area contributed by atoms with Gasteiger partial charge in [-0.15, -0.1) is 0 Å². The van der Waals surface area contributed by atoms with Crippen molar-refractivity contribution in [2.75, 3.05) is 0 Å². The number of hydrogen-bond donors (Lipinski definition) is 0. The van der Waals surface area contributed by atoms with Crippen molar-refractivity contribution in [3.63, 3.8) is 0 Å². The molecule has 3 nitrogen and oxygen atoms in total. The molecule has 0 aromatic carbocycles. The van der Waals surface area contributed by atoms with Gasteiger partial charge in [0.25, 0.3) is 5.56 Å². The summed E-state index contributed by atoms with van der Waals surface area (Å²) in [6.45, 7) is 4.77. The molecule has 0 atom stereocenters. The molecule has 1 aromatic heterocycles. The molecule has 4 heteroatoms. The van der Waals surface area contributed by atoms with Crippen LogP contribution in [-0.4, -0.2) is 9.78 Å². The molecule has 1 heterocycles. The van der Waals surface area contributed by atoms with Crippen LogP contribution in [0, 0.1) is 5.92 Å². The summed E-state index contributed by atoms with van der Waals surface area (Å²) in [6, 6.07) is 3.17. The summed E-state index contributed by atoms with van der Waals surface area (Å²) in [7, 11) is 0. The Labute approximate surface area is 79.5 Å². The fourth-order valence-corrected chi connectivity index (χ4v) is 1.22. The van der Waals surface area contributed by atoms with Crippen molar-refractivity contribution in [2.24, 2.45) is 5.92 Å². The van der Waals surface area contributed by atoms with E-state index in [1.54, 1.807) is 6.07 Å². The molecular weight excluding hydrogens is 220 g/mol. The van der Waals surface area contributed by atoms with Crippen LogP contribution in [0.5, 0.6) is 0 Å². The Morgan fingerprint density at radius 3 is 2.83 bits per heavy atom. The molecule has 0 unspecified atom stereocenters. The predicted octanol–water partition coefficient (Wildman–Crippen LogP) is 1.66. The standard InChI is InChI=1S/C8H11BrN2O/c1-6(2)5-11-8(12)4-3-7(9)10-11/h3-4,6H,5H2,1-2H3. The van der Waals surface area contributed by atoms with E-state index in [2.05, 4.69) is 34.9 Å². The highest BCUT2D eigenvalue weighted by Crippen LogP contribution is 2.01. The highest BCUT2D eigenvalue weighted by Gasteiger charge is 2.00. The molecule has 12 heavy (non-hydrogen) atoms. The normalized spacial score (nSPS) is 10.7. The summed E-state index contributed by atoms with van der Waals surface area (Å²) in [5, 5.41) is 4.03. The van der Waals surface area contributed by atoms with Gasteiger partial charge in [0.2, 0.25) is 0 Å². The van der Waals surface area contributed by atoms with Crippen molar-refractivity contribution >= 4 is 15.9 Å². The first-order valence-corrected chi connectivity index (χ1v) is 4.62. The SMILES string of the molecule is CC(C)Cn1nc(Br)ccc1=O. The fraction of sp³-hybridized carbons (Fsp3) is 0.500. The molecule has 0 saturated heterocycles. The van der Waals surface area contributed by atoms with Gasteiger partial charge in [-0.05, 0) is 27.9 Å². The lowest BCUT2D eigenvalue weighted by Crippen LogP contribution is -2.24. The lowest BCUT2D eigenvalue weighted by atomic mass is 10.2. The lowest BCUT2D eigenvalue weighted by molar-refractivity contribution is 0.461. The molecular formula is C8H11BrN2O. The molecule has 0 amide bonds. The minimum Gasteiger partial charge on any atom is -0.268 e. The van der Waals surface area contributed by atoms with Crippen LogP contribution in [0.25, 0.3) is 0 Å². The Morgan fingerprint density at radius 1 is 1.58 bits per heavy atom. The molecule has 1 aromatic rings. The maximum absolute atomic E-state index is 11.2. The summed E-state index contributed by atoms with van der Waals surface area (Å²) < 4.78 is 2.16. The van der Waals surface area contributed by atoms with Gasteiger partial charge in [0.1, 0.15) is 4.60 Å². The van der Waals surface area contributed by atoms with Crippen LogP contribution in [0.1, 0.15) is 13.8 Å². The molecule has 0 bridgehead atoms. The molecule has 0 aliphatic rings. The van der Waals surface area contributed by atoms with Crippen LogP contribution < -0.4 is 5.56 Å². The Kier molecular flexibility index (Phi) is 3.03. The Bertz CT molecular complexity index is 319. The second-order valence-electron chi connectivity index (χ2n) is 3.07. The van der Waals surface area contributed by atoms with Gasteiger partial charge in [0.15, 0.2) is 0 Å². The smallest absolute Gasteiger partial charge is 0.266 e. The Balaban J connectivity index is 2.98. The number of hydrogen-bond acceptors (Lipinski definition) is 2. The largest absolute Gasteiger partial charge is 0.268 e. The number of halogens is 1. The van der Waals surface area contributed by atoms with Gasteiger partial charge in [0, 0.05) is 12.6 Å². The third kappa shape index (κ3) is 2.44. The topological polar surface area (TPSA) is 34.9 Å². The zero-order valence-corrected chi connectivity index (χ0v) is 8.71. The van der Waals surface area contributed by atoms with Crippen molar-refractivity contribution in [3.8, 4) is 0 Å². The first-order valence-electron chi connectivity index (χ1n) is 3.83. The van der Waals surface area contributed by atoms with E-state index in [-0.39, 0.29) is 5.56 Å². The van der Waals surface area contributed by atoms with Gasteiger partial charge in [-0.1, -0.05) is 13.8 Å². The molecule has 0 radical (unpaired) electrons. The van der Waals surface area contributed by atoms with Gasteiger partial charge in [0.05, 0.1) is 0 Å². The molecule has 0 N–H and O–H groups in total. The molecule has 0 spiro atoms. The molecule has 1 rings (SSSR count). The maximum Gasteiger partial charge on any atom is 0.266 e. The molecule has 0 fully saturated rings. The quantitative estimate of drug-likeness (QED) is 0.775. The third-order valence-electron chi connectivity index (χ3n) is 1.37. The van der Waals surface area contributed by atoms with Crippen LogP contribution >= 0.6 is 15.9 Å². The van der Waals surface area contributed by atoms with E-state index in [4.69, 9.17) is 0 Å². The highest BCUT2D eigenvalue weighted by atomic mass is 79.9. The Morgan fingerprint density at radius 2 is 2.25 bits per heavy atom. The van der Waals surface area contributed by atoms with Crippen molar-refractivity contribution < 1.29 is 0 Å². The average molecular weight is 231 g/mol. The first-order chi connectivity index (χ1) is 5.59. The third-order valence-corrected chi connectivity index (χ3v) is 1.80. The van der Waals surface area contributed by atoms with Crippen LogP contribution in [0.4, 0.5) is 0 Å². The molecule has 0 aliphatic heterocycles. The molecule has 0 saturated carbocycles. The number of nitrogens with zero attached hydrogens (tertiary/aromatic N) is 2. The average Bonchev–Trinajstić information content (AvgIpc) is 1.96. The summed E-state index contributed by atoms with van der Waals surface area (Å²) in [6.07, 6.45) is 0. The second kappa shape index (κ2) is 3.85. The number of aromatic nitrogens is 2. The van der Waals surface area contributed by atoms with E-state index in [0.29, 0.717) is 17.1 Å². The van der Waals surface area contributed by atoms with Crippen LogP contribution in [0.2, 0.25) is 0 Å². The second-order valence-corrected chi connectivity index (χ2v) is 3.88. The lowest BCUT2D eigenvalue weighted by Gasteiger charge is -2.06. The van der Waals surface area contributed by atoms with Crippen molar-refractivity contribution in [3.05, 3.63) is 27.1 Å². The number of rotatable bonds is 2. The van der Waals surface area contributed by atoms with Crippen molar-refractivity contribution in [1.29, 1.82) is 0 Å². The van der Waals surface area contributed by atoms with E-state index in [1.807, 2.05) is 0 Å². The summed E-state index contributed by atoms with van der Waals surface area (Å²) in [5.74, 6) is 0.435. The fourth-order valence-electron chi connectivity index (χ4n) is 0.901. The minimum absolute atomic E-state index is 0.0492. The van der Waals surface area contributed by atoms with Gasteiger partial charge in [-0.25, -0.2) is 4.68 Å². The van der Waals surface area contributed by atoms with E-state index in [9.17, 15) is 4.79 Å². The summed E-state index contributed by atoms with van der Waals surface area (Å²) in [5.41, 5.74) is -0.0492. The van der Waals surface area contributed by atoms with E-state index in [0.717, 1.165) is 0 Å². The van der Waals surface area contributed by atoms with Crippen LogP contribution in [-0.2, 0) is 6.54 Å². The van der Waals surface area contributed by atoms with Gasteiger partial charge in [-0.3, -0.25) is 4.79 Å². The van der Waals surface area contributed by atoms with Gasteiger partial charge in [-0.2, -0.15) is 5.10 Å². The van der Waals surface area contributed by atoms with Crippen LogP contribution in [0.3, 0.4) is 0 Å². The summed E-state index contributed by atoms with van der Waals surface area (Å²) >= 11 is 3.22. The molecule has 0 aliphatic carbocycles. The van der Waals surface area contributed by atoms with Crippen molar-refractivity contribution in [1.82, 2.24) is 9.78 Å². The highest BCUT2D eigenvalue weighted by molar-refractivity contribution is 9.10. The van der Waals surface area contributed by atoms with Crippen molar-refractivity contribution in [2.45, 2.75) is 20.4 Å². The zero-order valence-electron chi connectivity index (χ0n) is 7.12.